The maximum absolute atomic E-state index is 2.56. The summed E-state index contributed by atoms with van der Waals surface area (Å²) in [5.41, 5.74) is 18.2. The fraction of sp³-hybridized carbons (Fsp3) is 0.0164. The molecule has 0 aromatic heterocycles. The van der Waals surface area contributed by atoms with Crippen LogP contribution in [0.15, 0.2) is 237 Å². The third-order valence-electron chi connectivity index (χ3n) is 13.7. The lowest BCUT2D eigenvalue weighted by atomic mass is 9.70. The molecular formula is C61H39N. The van der Waals surface area contributed by atoms with Crippen LogP contribution >= 0.6 is 0 Å². The highest BCUT2D eigenvalue weighted by molar-refractivity contribution is 6.26. The average Bonchev–Trinajstić information content (AvgIpc) is 3.83. The molecule has 11 aromatic rings. The second-order valence-corrected chi connectivity index (χ2v) is 16.7. The Kier molecular flexibility index (Phi) is 7.59. The molecule has 0 saturated carbocycles. The molecule has 2 aliphatic rings. The lowest BCUT2D eigenvalue weighted by molar-refractivity contribution is 0.794. The molecule has 0 N–H and O–H groups in total. The summed E-state index contributed by atoms with van der Waals surface area (Å²) in [6.45, 7) is 0. The largest absolute Gasteiger partial charge is 0.309 e. The Morgan fingerprint density at radius 3 is 1.37 bits per heavy atom. The molecule has 0 atom stereocenters. The van der Waals surface area contributed by atoms with Gasteiger partial charge in [0.1, 0.15) is 0 Å². The van der Waals surface area contributed by atoms with E-state index < -0.39 is 5.41 Å². The second-order valence-electron chi connectivity index (χ2n) is 16.7. The highest BCUT2D eigenvalue weighted by Gasteiger charge is 2.52. The normalized spacial score (nSPS) is 13.0. The van der Waals surface area contributed by atoms with Crippen molar-refractivity contribution in [3.05, 3.63) is 259 Å². The molecule has 0 radical (unpaired) electrons. The predicted molar refractivity (Wildman–Crippen MR) is 261 cm³/mol. The Labute approximate surface area is 361 Å². The molecule has 0 amide bonds. The highest BCUT2D eigenvalue weighted by Crippen LogP contribution is 2.65. The quantitative estimate of drug-likeness (QED) is 0.157. The maximum Gasteiger partial charge on any atom is 0.0726 e. The van der Waals surface area contributed by atoms with Crippen LogP contribution in [0.5, 0.6) is 0 Å². The van der Waals surface area contributed by atoms with Crippen molar-refractivity contribution in [3.8, 4) is 44.5 Å². The number of benzene rings is 11. The molecular weight excluding hydrogens is 747 g/mol. The van der Waals surface area contributed by atoms with Crippen molar-refractivity contribution in [1.82, 2.24) is 0 Å². The molecule has 0 bridgehead atoms. The minimum atomic E-state index is -0.460. The van der Waals surface area contributed by atoms with Gasteiger partial charge in [-0.25, -0.2) is 0 Å². The van der Waals surface area contributed by atoms with Crippen LogP contribution in [0.25, 0.3) is 76.8 Å². The number of rotatable bonds is 5. The number of hydrogen-bond acceptors (Lipinski definition) is 1. The third-order valence-corrected chi connectivity index (χ3v) is 13.7. The molecule has 1 nitrogen and oxygen atoms in total. The zero-order valence-electron chi connectivity index (χ0n) is 34.0. The number of nitrogens with zero attached hydrogens (tertiary/aromatic N) is 1. The summed E-state index contributed by atoms with van der Waals surface area (Å²) in [5.74, 6) is 0. The molecule has 2 aliphatic carbocycles. The van der Waals surface area contributed by atoms with Gasteiger partial charge in [0.2, 0.25) is 0 Å². The van der Waals surface area contributed by atoms with Crippen LogP contribution in [0.1, 0.15) is 22.3 Å². The first-order valence-electron chi connectivity index (χ1n) is 21.6. The van der Waals surface area contributed by atoms with Gasteiger partial charge in [-0.2, -0.15) is 0 Å². The van der Waals surface area contributed by atoms with E-state index in [4.69, 9.17) is 0 Å². The van der Waals surface area contributed by atoms with E-state index in [0.29, 0.717) is 0 Å². The van der Waals surface area contributed by atoms with E-state index in [1.807, 2.05) is 0 Å². The van der Waals surface area contributed by atoms with Crippen LogP contribution in [0, 0.1) is 0 Å². The van der Waals surface area contributed by atoms with Gasteiger partial charge in [0.05, 0.1) is 16.8 Å². The van der Waals surface area contributed by atoms with Gasteiger partial charge in [0.15, 0.2) is 0 Å². The first-order chi connectivity index (χ1) is 30.8. The maximum atomic E-state index is 2.56. The van der Waals surface area contributed by atoms with Gasteiger partial charge in [-0.1, -0.05) is 206 Å². The number of anilines is 3. The minimum absolute atomic E-state index is 0.460. The first kappa shape index (κ1) is 34.8. The zero-order valence-corrected chi connectivity index (χ0v) is 34.0. The minimum Gasteiger partial charge on any atom is -0.309 e. The Morgan fingerprint density at radius 2 is 0.742 bits per heavy atom. The molecule has 11 aromatic carbocycles. The summed E-state index contributed by atoms with van der Waals surface area (Å²) in [5, 5.41) is 7.58. The smallest absolute Gasteiger partial charge is 0.0726 e. The highest BCUT2D eigenvalue weighted by atomic mass is 15.1. The molecule has 1 heteroatoms. The fourth-order valence-electron chi connectivity index (χ4n) is 11.1. The standard InChI is InChI=1S/C61H39N/c1-3-18-40(19-4-1)42-34-37-58(52(38-42)41-20-5-2-6-21-41)62(43-35-36-48-46-24-8-7-22-44(46)45-23-9-10-25-47(45)53(48)39-43)59-33-17-32-57-60(59)51-28-13-16-31-56(51)61(57)54-29-14-11-26-49(54)50-27-12-15-30-55(50)61/h1-39H. The molecule has 1 spiro atoms. The molecule has 0 saturated heterocycles. The van der Waals surface area contributed by atoms with Crippen molar-refractivity contribution in [2.45, 2.75) is 5.41 Å². The van der Waals surface area contributed by atoms with Gasteiger partial charge in [-0.3, -0.25) is 0 Å². The van der Waals surface area contributed by atoms with E-state index in [1.165, 1.54) is 99.1 Å². The van der Waals surface area contributed by atoms with Crippen LogP contribution in [0.4, 0.5) is 17.1 Å². The average molecular weight is 786 g/mol. The molecule has 13 rings (SSSR count). The van der Waals surface area contributed by atoms with Gasteiger partial charge in [-0.05, 0) is 118 Å². The van der Waals surface area contributed by atoms with Gasteiger partial charge < -0.3 is 4.90 Å². The molecule has 0 aliphatic heterocycles. The van der Waals surface area contributed by atoms with Crippen LogP contribution in [0.3, 0.4) is 0 Å². The number of fused-ring (bicyclic) bond motifs is 16. The van der Waals surface area contributed by atoms with Crippen molar-refractivity contribution < 1.29 is 0 Å². The van der Waals surface area contributed by atoms with Gasteiger partial charge in [0, 0.05) is 16.8 Å². The van der Waals surface area contributed by atoms with Gasteiger partial charge >= 0.3 is 0 Å². The summed E-state index contributed by atoms with van der Waals surface area (Å²) in [7, 11) is 0. The van der Waals surface area contributed by atoms with Crippen LogP contribution < -0.4 is 4.90 Å². The van der Waals surface area contributed by atoms with Crippen LogP contribution in [0.2, 0.25) is 0 Å². The Hall–Kier alpha value is -8.00. The van der Waals surface area contributed by atoms with Gasteiger partial charge in [0.25, 0.3) is 0 Å². The lowest BCUT2D eigenvalue weighted by Crippen LogP contribution is -2.26. The van der Waals surface area contributed by atoms with Crippen LogP contribution in [-0.2, 0) is 5.41 Å². The summed E-state index contributed by atoms with van der Waals surface area (Å²) in [4.78, 5) is 2.56. The Balaban J connectivity index is 1.15. The predicted octanol–water partition coefficient (Wildman–Crippen LogP) is 16.3. The molecule has 0 fully saturated rings. The molecule has 0 unspecified atom stereocenters. The van der Waals surface area contributed by atoms with Crippen molar-refractivity contribution >= 4 is 49.4 Å². The van der Waals surface area contributed by atoms with E-state index >= 15 is 0 Å². The molecule has 0 heterocycles. The summed E-state index contributed by atoms with van der Waals surface area (Å²) in [6, 6.07) is 88.0. The SMILES string of the molecule is c1ccc(-c2ccc(N(c3ccc4c5ccccc5c5ccccc5c4c3)c3cccc4c3-c3ccccc3C43c4ccccc4-c4ccccc43)c(-c3ccccc3)c2)cc1. The second kappa shape index (κ2) is 13.5. The van der Waals surface area contributed by atoms with E-state index in [9.17, 15) is 0 Å². The first-order valence-corrected chi connectivity index (χ1v) is 21.6. The molecule has 62 heavy (non-hydrogen) atoms. The van der Waals surface area contributed by atoms with Crippen molar-refractivity contribution in [2.75, 3.05) is 4.90 Å². The Bertz CT molecular complexity index is 3500. The topological polar surface area (TPSA) is 3.24 Å². The lowest BCUT2D eigenvalue weighted by Gasteiger charge is -2.32. The summed E-state index contributed by atoms with van der Waals surface area (Å²) < 4.78 is 0. The number of hydrogen-bond donors (Lipinski definition) is 0. The van der Waals surface area contributed by atoms with E-state index in [2.05, 4.69) is 241 Å². The van der Waals surface area contributed by atoms with Gasteiger partial charge in [-0.15, -0.1) is 0 Å². The van der Waals surface area contributed by atoms with Crippen molar-refractivity contribution in [3.63, 3.8) is 0 Å². The third kappa shape index (κ3) is 4.85. The monoisotopic (exact) mass is 785 g/mol. The summed E-state index contributed by atoms with van der Waals surface area (Å²) in [6.07, 6.45) is 0. The fourth-order valence-corrected chi connectivity index (χ4v) is 11.1. The van der Waals surface area contributed by atoms with Crippen molar-refractivity contribution in [2.24, 2.45) is 0 Å². The zero-order chi connectivity index (χ0) is 40.8. The summed E-state index contributed by atoms with van der Waals surface area (Å²) >= 11 is 0. The van der Waals surface area contributed by atoms with E-state index in [0.717, 1.165) is 17.1 Å². The van der Waals surface area contributed by atoms with E-state index in [-0.39, 0.29) is 0 Å². The van der Waals surface area contributed by atoms with Crippen molar-refractivity contribution in [1.29, 1.82) is 0 Å². The van der Waals surface area contributed by atoms with E-state index in [1.54, 1.807) is 0 Å². The molecule has 288 valence electrons. The Morgan fingerprint density at radius 1 is 0.258 bits per heavy atom. The van der Waals surface area contributed by atoms with Crippen LogP contribution in [-0.4, -0.2) is 0 Å².